The van der Waals surface area contributed by atoms with Crippen LogP contribution in [0.2, 0.25) is 0 Å². The van der Waals surface area contributed by atoms with Crippen molar-refractivity contribution >= 4 is 29.4 Å². The number of urea groups is 1. The summed E-state index contributed by atoms with van der Waals surface area (Å²) in [5.41, 5.74) is 4.63. The smallest absolute Gasteiger partial charge is 0.315 e. The lowest BCUT2D eigenvalue weighted by atomic mass is 9.53. The number of hydrogen-bond acceptors (Lipinski definition) is 6. The number of ether oxygens (including phenoxy) is 2. The van der Waals surface area contributed by atoms with Crippen LogP contribution in [-0.2, 0) is 27.4 Å². The van der Waals surface area contributed by atoms with Gasteiger partial charge >= 0.3 is 6.03 Å². The predicted octanol–water partition coefficient (Wildman–Crippen LogP) is 7.49. The summed E-state index contributed by atoms with van der Waals surface area (Å²) < 4.78 is 13.3. The summed E-state index contributed by atoms with van der Waals surface area (Å²) in [7, 11) is 0. The van der Waals surface area contributed by atoms with Crippen LogP contribution < -0.4 is 16.0 Å². The molecule has 4 unspecified atom stereocenters. The van der Waals surface area contributed by atoms with Crippen LogP contribution in [0.1, 0.15) is 87.0 Å². The maximum Gasteiger partial charge on any atom is 0.315 e. The van der Waals surface area contributed by atoms with Crippen molar-refractivity contribution in [1.29, 1.82) is 0 Å². The Morgan fingerprint density at radius 1 is 0.833 bits per heavy atom. The molecule has 1 saturated heterocycles. The Morgan fingerprint density at radius 3 is 2.04 bits per heavy atom. The zero-order valence-corrected chi connectivity index (χ0v) is 28.6. The molecule has 254 valence electrons. The number of carbonyl (C=O) groups is 2. The van der Waals surface area contributed by atoms with Crippen molar-refractivity contribution in [3.63, 3.8) is 0 Å². The summed E-state index contributed by atoms with van der Waals surface area (Å²) in [4.78, 5) is 25.5. The number of amides is 3. The summed E-state index contributed by atoms with van der Waals surface area (Å²) in [6, 6.07) is 23.9. The summed E-state index contributed by atoms with van der Waals surface area (Å²) in [6.07, 6.45) is 6.63. The van der Waals surface area contributed by atoms with Crippen molar-refractivity contribution in [2.75, 3.05) is 11.1 Å². The van der Waals surface area contributed by atoms with Crippen molar-refractivity contribution < 1.29 is 24.2 Å². The second kappa shape index (κ2) is 14.2. The van der Waals surface area contributed by atoms with Crippen molar-refractivity contribution in [2.45, 2.75) is 94.5 Å². The van der Waals surface area contributed by atoms with Crippen LogP contribution >= 0.6 is 11.8 Å². The van der Waals surface area contributed by atoms with Crippen LogP contribution in [0.25, 0.3) is 0 Å². The molecule has 1 heterocycles. The number of thioether (sulfide) groups is 1. The summed E-state index contributed by atoms with van der Waals surface area (Å²) in [5, 5.41) is 18.9. The second-order valence-corrected chi connectivity index (χ2v) is 15.7. The molecule has 4 bridgehead atoms. The van der Waals surface area contributed by atoms with E-state index in [2.05, 4.69) is 22.9 Å². The molecule has 0 radical (unpaired) electrons. The maximum absolute atomic E-state index is 13.0. The zero-order valence-electron chi connectivity index (χ0n) is 27.8. The molecule has 4 saturated carbocycles. The van der Waals surface area contributed by atoms with Gasteiger partial charge < -0.3 is 30.5 Å². The van der Waals surface area contributed by atoms with E-state index in [4.69, 9.17) is 9.47 Å². The number of anilines is 1. The van der Waals surface area contributed by atoms with Gasteiger partial charge in [0.05, 0.1) is 18.8 Å². The first-order valence-corrected chi connectivity index (χ1v) is 18.4. The molecular formula is C39H47N3O5S. The Balaban J connectivity index is 0.998. The van der Waals surface area contributed by atoms with Crippen LogP contribution in [0, 0.1) is 23.7 Å². The number of carbonyl (C=O) groups excluding carboxylic acids is 2. The molecule has 4 atom stereocenters. The number of aliphatic hydroxyl groups excluding tert-OH is 1. The maximum atomic E-state index is 13.0. The van der Waals surface area contributed by atoms with Gasteiger partial charge in [-0.1, -0.05) is 55.5 Å². The molecule has 48 heavy (non-hydrogen) atoms. The third-order valence-electron chi connectivity index (χ3n) is 10.8. The lowest BCUT2D eigenvalue weighted by Crippen LogP contribution is -2.61. The Bertz CT molecular complexity index is 1540. The minimum atomic E-state index is -0.558. The van der Waals surface area contributed by atoms with Gasteiger partial charge in [0.15, 0.2) is 6.29 Å². The molecule has 3 amide bonds. The molecule has 8 rings (SSSR count). The lowest BCUT2D eigenvalue weighted by molar-refractivity contribution is -0.268. The molecule has 0 spiro atoms. The standard InChI is InChI=1S/C39H47N3O5S/c1-24-35(23-48-34-13-11-33(12-14-34)41-25(2)44)46-37(47-36(24)31-7-5-27(22-43)6-8-31)32-9-3-26(4-10-32)21-40-38(45)42-39-18-28-15-29(19-39)17-30(16-28)20-39/h3-14,24,28-30,35-37,43H,15-23H2,1-2H3,(H,41,44)(H2,40,42,45). The zero-order chi connectivity index (χ0) is 33.3. The number of rotatable bonds is 10. The number of aliphatic hydroxyl groups is 1. The fourth-order valence-electron chi connectivity index (χ4n) is 8.85. The van der Waals surface area contributed by atoms with Gasteiger partial charge in [-0.15, -0.1) is 11.8 Å². The number of nitrogens with one attached hydrogen (secondary N) is 3. The van der Waals surface area contributed by atoms with Crippen LogP contribution in [-0.4, -0.2) is 34.4 Å². The van der Waals surface area contributed by atoms with Gasteiger partial charge in [0, 0.05) is 46.8 Å². The topological polar surface area (TPSA) is 109 Å². The number of hydrogen-bond donors (Lipinski definition) is 4. The highest BCUT2D eigenvalue weighted by Crippen LogP contribution is 2.55. The third-order valence-corrected chi connectivity index (χ3v) is 11.9. The van der Waals surface area contributed by atoms with Crippen LogP contribution in [0.5, 0.6) is 0 Å². The molecule has 5 aliphatic rings. The first-order valence-electron chi connectivity index (χ1n) is 17.4. The highest BCUT2D eigenvalue weighted by atomic mass is 32.2. The third kappa shape index (κ3) is 7.59. The first-order chi connectivity index (χ1) is 23.2. The minimum absolute atomic E-state index is 0.00177. The first kappa shape index (κ1) is 33.1. The van der Waals surface area contributed by atoms with E-state index in [1.165, 1.54) is 26.2 Å². The average Bonchev–Trinajstić information content (AvgIpc) is 3.07. The quantitative estimate of drug-likeness (QED) is 0.167. The van der Waals surface area contributed by atoms with Crippen molar-refractivity contribution in [1.82, 2.24) is 10.6 Å². The Hall–Kier alpha value is -3.37. The molecule has 3 aromatic carbocycles. The SMILES string of the molecule is CC(=O)Nc1ccc(SCC2OC(c3ccc(CNC(=O)NC45CC6CC(CC(C6)C4)C5)cc3)OC(c3ccc(CO)cc3)C2C)cc1. The van der Waals surface area contributed by atoms with E-state index in [-0.39, 0.29) is 42.2 Å². The van der Waals surface area contributed by atoms with Crippen molar-refractivity contribution in [2.24, 2.45) is 23.7 Å². The van der Waals surface area contributed by atoms with E-state index < -0.39 is 6.29 Å². The average molecular weight is 670 g/mol. The molecule has 8 nitrogen and oxygen atoms in total. The van der Waals surface area contributed by atoms with E-state index >= 15 is 0 Å². The molecule has 4 N–H and O–H groups in total. The Labute approximate surface area is 287 Å². The van der Waals surface area contributed by atoms with E-state index in [0.29, 0.717) is 6.54 Å². The van der Waals surface area contributed by atoms with Crippen LogP contribution in [0.3, 0.4) is 0 Å². The van der Waals surface area contributed by atoms with Crippen LogP contribution in [0.15, 0.2) is 77.7 Å². The van der Waals surface area contributed by atoms with E-state index in [9.17, 15) is 14.7 Å². The fourth-order valence-corrected chi connectivity index (χ4v) is 9.92. The van der Waals surface area contributed by atoms with Crippen molar-refractivity contribution in [3.05, 3.63) is 95.1 Å². The van der Waals surface area contributed by atoms with Gasteiger partial charge in [-0.25, -0.2) is 4.79 Å². The van der Waals surface area contributed by atoms with Crippen LogP contribution in [0.4, 0.5) is 10.5 Å². The Kier molecular flexibility index (Phi) is 9.83. The fraction of sp³-hybridized carbons (Fsp3) is 0.487. The van der Waals surface area contributed by atoms with Gasteiger partial charge in [0.2, 0.25) is 5.91 Å². The monoisotopic (exact) mass is 669 g/mol. The highest BCUT2D eigenvalue weighted by molar-refractivity contribution is 7.99. The predicted molar refractivity (Wildman–Crippen MR) is 187 cm³/mol. The van der Waals surface area contributed by atoms with Gasteiger partial charge in [-0.2, -0.15) is 0 Å². The van der Waals surface area contributed by atoms with E-state index in [1.807, 2.05) is 72.8 Å². The highest BCUT2D eigenvalue weighted by Gasteiger charge is 2.51. The summed E-state index contributed by atoms with van der Waals surface area (Å²) in [6.45, 7) is 4.12. The molecule has 3 aromatic rings. The minimum Gasteiger partial charge on any atom is -0.392 e. The van der Waals surface area contributed by atoms with Gasteiger partial charge in [-0.3, -0.25) is 4.79 Å². The molecule has 1 aliphatic heterocycles. The molecule has 4 aliphatic carbocycles. The van der Waals surface area contributed by atoms with E-state index in [1.54, 1.807) is 11.8 Å². The molecular weight excluding hydrogens is 623 g/mol. The Morgan fingerprint density at radius 2 is 1.44 bits per heavy atom. The van der Waals surface area contributed by atoms with Gasteiger partial charge in [0.25, 0.3) is 0 Å². The van der Waals surface area contributed by atoms with E-state index in [0.717, 1.165) is 75.6 Å². The van der Waals surface area contributed by atoms with Gasteiger partial charge in [-0.05, 0) is 97.2 Å². The molecule has 5 fully saturated rings. The van der Waals surface area contributed by atoms with Gasteiger partial charge in [0.1, 0.15) is 0 Å². The number of benzene rings is 3. The largest absolute Gasteiger partial charge is 0.392 e. The summed E-state index contributed by atoms with van der Waals surface area (Å²) >= 11 is 1.72. The second-order valence-electron chi connectivity index (χ2n) is 14.6. The lowest BCUT2D eigenvalue weighted by Gasteiger charge is -2.56. The normalized spacial score (nSPS) is 30.5. The molecule has 9 heteroatoms. The molecule has 0 aromatic heterocycles. The summed E-state index contributed by atoms with van der Waals surface area (Å²) in [5.74, 6) is 3.08. The van der Waals surface area contributed by atoms with Crippen molar-refractivity contribution in [3.8, 4) is 0 Å².